The van der Waals surface area contributed by atoms with Crippen LogP contribution >= 0.6 is 23.5 Å². The molecular formula is C9H16S2. The molecule has 0 N–H and O–H groups in total. The van der Waals surface area contributed by atoms with E-state index in [0.717, 1.165) is 16.4 Å². The molecule has 1 heterocycles. The molecule has 0 nitrogen and oxygen atoms in total. The van der Waals surface area contributed by atoms with Crippen LogP contribution in [0.4, 0.5) is 0 Å². The summed E-state index contributed by atoms with van der Waals surface area (Å²) in [5, 5.41) is 2.03. The van der Waals surface area contributed by atoms with E-state index in [2.05, 4.69) is 30.4 Å². The highest BCUT2D eigenvalue weighted by Gasteiger charge is 2.31. The molecule has 64 valence electrons. The topological polar surface area (TPSA) is 0 Å². The third-order valence-electron chi connectivity index (χ3n) is 2.74. The molecule has 0 aromatic heterocycles. The van der Waals surface area contributed by atoms with Gasteiger partial charge in [0.25, 0.3) is 0 Å². The van der Waals surface area contributed by atoms with Gasteiger partial charge in [-0.05, 0) is 25.2 Å². The Hall–Kier alpha value is 0.700. The summed E-state index contributed by atoms with van der Waals surface area (Å²) >= 11 is 4.46. The molecule has 0 aromatic rings. The largest absolute Gasteiger partial charge is 0.157 e. The Labute approximate surface area is 77.9 Å². The molecule has 3 atom stereocenters. The fourth-order valence-corrected chi connectivity index (χ4v) is 5.36. The zero-order valence-corrected chi connectivity index (χ0v) is 8.72. The van der Waals surface area contributed by atoms with Gasteiger partial charge in [-0.3, -0.25) is 0 Å². The van der Waals surface area contributed by atoms with Gasteiger partial charge in [-0.25, -0.2) is 0 Å². The van der Waals surface area contributed by atoms with Crippen molar-refractivity contribution in [3.63, 3.8) is 0 Å². The van der Waals surface area contributed by atoms with Crippen molar-refractivity contribution >= 4 is 23.5 Å². The number of fused-ring (bicyclic) bond motifs is 1. The molecule has 1 saturated heterocycles. The second-order valence-corrected chi connectivity index (χ2v) is 6.43. The summed E-state index contributed by atoms with van der Waals surface area (Å²) in [6.45, 7) is 2.41. The van der Waals surface area contributed by atoms with Gasteiger partial charge < -0.3 is 0 Å². The molecule has 0 spiro atoms. The first-order chi connectivity index (χ1) is 5.36. The lowest BCUT2D eigenvalue weighted by Crippen LogP contribution is -2.31. The molecule has 1 aliphatic heterocycles. The van der Waals surface area contributed by atoms with E-state index in [9.17, 15) is 0 Å². The maximum Gasteiger partial charge on any atom is 0.0169 e. The normalized spacial score (nSPS) is 45.0. The van der Waals surface area contributed by atoms with Crippen LogP contribution in [-0.2, 0) is 0 Å². The molecular weight excluding hydrogens is 172 g/mol. The molecule has 0 amide bonds. The molecule has 2 fully saturated rings. The number of hydrogen-bond donors (Lipinski definition) is 0. The zero-order chi connectivity index (χ0) is 7.68. The molecule has 1 saturated carbocycles. The first-order valence-electron chi connectivity index (χ1n) is 4.59. The summed E-state index contributed by atoms with van der Waals surface area (Å²) in [5.74, 6) is 3.81. The minimum atomic E-state index is 1.00. The third kappa shape index (κ3) is 1.89. The van der Waals surface area contributed by atoms with Gasteiger partial charge in [0.1, 0.15) is 0 Å². The fourth-order valence-electron chi connectivity index (χ4n) is 2.07. The Morgan fingerprint density at radius 1 is 1.00 bits per heavy atom. The second-order valence-electron chi connectivity index (χ2n) is 3.74. The molecule has 2 heteroatoms. The Morgan fingerprint density at radius 3 is 2.55 bits per heavy atom. The summed E-state index contributed by atoms with van der Waals surface area (Å²) < 4.78 is 0. The van der Waals surface area contributed by atoms with E-state index in [-0.39, 0.29) is 0 Å². The van der Waals surface area contributed by atoms with Gasteiger partial charge >= 0.3 is 0 Å². The van der Waals surface area contributed by atoms with Crippen LogP contribution < -0.4 is 0 Å². The quantitative estimate of drug-likeness (QED) is 0.573. The van der Waals surface area contributed by atoms with Crippen molar-refractivity contribution in [3.8, 4) is 0 Å². The van der Waals surface area contributed by atoms with Crippen LogP contribution in [0.5, 0.6) is 0 Å². The predicted molar refractivity (Wildman–Crippen MR) is 55.5 cm³/mol. The molecule has 0 aromatic carbocycles. The van der Waals surface area contributed by atoms with Crippen molar-refractivity contribution in [3.05, 3.63) is 0 Å². The maximum absolute atomic E-state index is 2.41. The Morgan fingerprint density at radius 2 is 1.73 bits per heavy atom. The number of thioether (sulfide) groups is 2. The van der Waals surface area contributed by atoms with E-state index >= 15 is 0 Å². The van der Waals surface area contributed by atoms with Gasteiger partial charge in [0, 0.05) is 22.0 Å². The van der Waals surface area contributed by atoms with Crippen LogP contribution in [0.15, 0.2) is 0 Å². The minimum absolute atomic E-state index is 1.00. The van der Waals surface area contributed by atoms with Crippen LogP contribution in [0.1, 0.15) is 26.2 Å². The van der Waals surface area contributed by atoms with Crippen LogP contribution in [0.25, 0.3) is 0 Å². The summed E-state index contributed by atoms with van der Waals surface area (Å²) in [7, 11) is 0. The molecule has 0 radical (unpaired) electrons. The number of rotatable bonds is 0. The lowest BCUT2D eigenvalue weighted by atomic mass is 9.90. The van der Waals surface area contributed by atoms with E-state index in [1.807, 2.05) is 0 Å². The second kappa shape index (κ2) is 3.61. The van der Waals surface area contributed by atoms with Crippen molar-refractivity contribution in [1.29, 1.82) is 0 Å². The zero-order valence-electron chi connectivity index (χ0n) is 7.08. The Bertz CT molecular complexity index is 136. The van der Waals surface area contributed by atoms with Crippen molar-refractivity contribution in [1.82, 2.24) is 0 Å². The Kier molecular flexibility index (Phi) is 2.73. The van der Waals surface area contributed by atoms with Crippen LogP contribution in [0, 0.1) is 5.92 Å². The Balaban J connectivity index is 1.93. The molecule has 2 aliphatic rings. The summed E-state index contributed by atoms with van der Waals surface area (Å²) in [6.07, 6.45) is 4.46. The van der Waals surface area contributed by atoms with E-state index in [0.29, 0.717) is 0 Å². The summed E-state index contributed by atoms with van der Waals surface area (Å²) in [4.78, 5) is 0. The summed E-state index contributed by atoms with van der Waals surface area (Å²) in [5.41, 5.74) is 0. The van der Waals surface area contributed by atoms with E-state index in [4.69, 9.17) is 0 Å². The highest BCUT2D eigenvalue weighted by Crippen LogP contribution is 2.41. The lowest BCUT2D eigenvalue weighted by molar-refractivity contribution is 0.401. The van der Waals surface area contributed by atoms with Gasteiger partial charge in [-0.2, -0.15) is 23.5 Å². The standard InChI is InChI=1S/C9H16S2/c1-7-2-3-8-9(6-7)11-5-4-10-8/h7-9H,2-6H2,1H3/t7?,8-,9+/m1/s1. The third-order valence-corrected chi connectivity index (χ3v) is 5.99. The average Bonchev–Trinajstić information content (AvgIpc) is 2.04. The van der Waals surface area contributed by atoms with Gasteiger partial charge in [-0.1, -0.05) is 6.92 Å². The van der Waals surface area contributed by atoms with Crippen LogP contribution in [-0.4, -0.2) is 22.0 Å². The van der Waals surface area contributed by atoms with E-state index < -0.39 is 0 Å². The van der Waals surface area contributed by atoms with Gasteiger partial charge in [0.15, 0.2) is 0 Å². The average molecular weight is 188 g/mol. The van der Waals surface area contributed by atoms with Gasteiger partial charge in [0.05, 0.1) is 0 Å². The SMILES string of the molecule is CC1CC[C@H]2SCCS[C@H]2C1. The van der Waals surface area contributed by atoms with Gasteiger partial charge in [0.2, 0.25) is 0 Å². The molecule has 1 aliphatic carbocycles. The van der Waals surface area contributed by atoms with E-state index in [1.165, 1.54) is 30.8 Å². The minimum Gasteiger partial charge on any atom is -0.157 e. The van der Waals surface area contributed by atoms with Crippen LogP contribution in [0.3, 0.4) is 0 Å². The van der Waals surface area contributed by atoms with E-state index in [1.54, 1.807) is 0 Å². The molecule has 2 rings (SSSR count). The molecule has 1 unspecified atom stereocenters. The predicted octanol–water partition coefficient (Wildman–Crippen LogP) is 3.02. The van der Waals surface area contributed by atoms with Crippen molar-refractivity contribution < 1.29 is 0 Å². The smallest absolute Gasteiger partial charge is 0.0169 e. The highest BCUT2D eigenvalue weighted by atomic mass is 32.2. The first kappa shape index (κ1) is 8.31. The molecule has 11 heavy (non-hydrogen) atoms. The van der Waals surface area contributed by atoms with Crippen molar-refractivity contribution in [2.24, 2.45) is 5.92 Å². The van der Waals surface area contributed by atoms with Crippen molar-refractivity contribution in [2.45, 2.75) is 36.7 Å². The van der Waals surface area contributed by atoms with Crippen LogP contribution in [0.2, 0.25) is 0 Å². The first-order valence-corrected chi connectivity index (χ1v) is 6.69. The highest BCUT2D eigenvalue weighted by molar-refractivity contribution is 8.07. The van der Waals surface area contributed by atoms with Crippen molar-refractivity contribution in [2.75, 3.05) is 11.5 Å². The fraction of sp³-hybridized carbons (Fsp3) is 1.00. The lowest BCUT2D eigenvalue weighted by Gasteiger charge is -2.37. The molecule has 0 bridgehead atoms. The maximum atomic E-state index is 2.41. The summed E-state index contributed by atoms with van der Waals surface area (Å²) in [6, 6.07) is 0. The monoisotopic (exact) mass is 188 g/mol. The van der Waals surface area contributed by atoms with Gasteiger partial charge in [-0.15, -0.1) is 0 Å². The number of hydrogen-bond acceptors (Lipinski definition) is 2.